The summed E-state index contributed by atoms with van der Waals surface area (Å²) in [5, 5.41) is 23.9. The summed E-state index contributed by atoms with van der Waals surface area (Å²) in [5.41, 5.74) is 8.16. The molecular formula is C28H37N3O4. The van der Waals surface area contributed by atoms with Crippen molar-refractivity contribution in [2.45, 2.75) is 59.5 Å². The normalized spacial score (nSPS) is 18.2. The molecule has 0 bridgehead atoms. The maximum Gasteiger partial charge on any atom is 0.245 e. The summed E-state index contributed by atoms with van der Waals surface area (Å²) < 4.78 is 0. The van der Waals surface area contributed by atoms with Crippen LogP contribution < -0.4 is 10.8 Å². The van der Waals surface area contributed by atoms with Crippen molar-refractivity contribution in [2.75, 3.05) is 19.6 Å². The Balaban J connectivity index is 1.80. The van der Waals surface area contributed by atoms with E-state index in [1.165, 1.54) is 17.2 Å². The summed E-state index contributed by atoms with van der Waals surface area (Å²) in [6, 6.07) is 8.70. The Morgan fingerprint density at radius 3 is 2.60 bits per heavy atom. The molecule has 0 saturated heterocycles. The number of hydrogen-bond acceptors (Lipinski definition) is 6. The van der Waals surface area contributed by atoms with E-state index in [1.807, 2.05) is 26.8 Å². The molecule has 2 aliphatic heterocycles. The molecule has 188 valence electrons. The van der Waals surface area contributed by atoms with E-state index in [0.29, 0.717) is 34.9 Å². The van der Waals surface area contributed by atoms with E-state index in [0.717, 1.165) is 31.6 Å². The van der Waals surface area contributed by atoms with Gasteiger partial charge in [0.05, 0.1) is 5.56 Å². The topological polar surface area (TPSA) is 94.1 Å². The molecule has 2 aromatic rings. The number of carbonyl (C=O) groups excluding carboxylic acids is 1. The molecule has 0 spiro atoms. The van der Waals surface area contributed by atoms with Crippen LogP contribution in [0.5, 0.6) is 11.5 Å². The average molecular weight is 480 g/mol. The predicted octanol–water partition coefficient (Wildman–Crippen LogP) is 4.14. The summed E-state index contributed by atoms with van der Waals surface area (Å²) in [7, 11) is 0. The first-order valence-electron chi connectivity index (χ1n) is 12.5. The second-order valence-corrected chi connectivity index (χ2v) is 10.2. The van der Waals surface area contributed by atoms with Gasteiger partial charge in [-0.15, -0.1) is 5.48 Å². The van der Waals surface area contributed by atoms with E-state index in [9.17, 15) is 15.0 Å². The number of aromatic hydroxyl groups is 2. The SMILES string of the molecule is CCNC(=O)C1NOC(c2cc(C(C)C)c(O)cc2O)=C1c1ccc2c(c1)CCN(CC(C)C)C2. The number of phenols is 2. The number of carbonyl (C=O) groups is 1. The van der Waals surface area contributed by atoms with Crippen LogP contribution in [0.4, 0.5) is 0 Å². The number of phenolic OH excluding ortho intramolecular Hbond substituents is 2. The number of fused-ring (bicyclic) bond motifs is 1. The van der Waals surface area contributed by atoms with E-state index >= 15 is 0 Å². The van der Waals surface area contributed by atoms with Gasteiger partial charge in [0, 0.05) is 37.8 Å². The van der Waals surface area contributed by atoms with Gasteiger partial charge in [-0.25, -0.2) is 0 Å². The van der Waals surface area contributed by atoms with Crippen LogP contribution in [0.2, 0.25) is 0 Å². The number of likely N-dealkylation sites (N-methyl/N-ethyl adjacent to an activating group) is 1. The first-order valence-corrected chi connectivity index (χ1v) is 12.5. The maximum absolute atomic E-state index is 13.0. The highest BCUT2D eigenvalue weighted by molar-refractivity contribution is 6.05. The summed E-state index contributed by atoms with van der Waals surface area (Å²) in [5.74, 6) is 0.814. The smallest absolute Gasteiger partial charge is 0.245 e. The minimum Gasteiger partial charge on any atom is -0.508 e. The van der Waals surface area contributed by atoms with Crippen LogP contribution >= 0.6 is 0 Å². The molecule has 1 atom stereocenters. The third-order valence-electron chi connectivity index (χ3n) is 6.67. The van der Waals surface area contributed by atoms with Crippen LogP contribution in [0, 0.1) is 5.92 Å². The molecule has 1 amide bonds. The van der Waals surface area contributed by atoms with E-state index < -0.39 is 6.04 Å². The van der Waals surface area contributed by atoms with E-state index in [4.69, 9.17) is 4.84 Å². The fraction of sp³-hybridized carbons (Fsp3) is 0.464. The monoisotopic (exact) mass is 479 g/mol. The Kier molecular flexibility index (Phi) is 7.38. The molecule has 4 N–H and O–H groups in total. The number of amides is 1. The van der Waals surface area contributed by atoms with Gasteiger partial charge >= 0.3 is 0 Å². The summed E-state index contributed by atoms with van der Waals surface area (Å²) in [6.45, 7) is 13.8. The van der Waals surface area contributed by atoms with Gasteiger partial charge in [0.15, 0.2) is 11.8 Å². The molecular weight excluding hydrogens is 442 g/mol. The van der Waals surface area contributed by atoms with Crippen molar-refractivity contribution in [3.8, 4) is 11.5 Å². The fourth-order valence-corrected chi connectivity index (χ4v) is 5.01. The van der Waals surface area contributed by atoms with Crippen LogP contribution in [0.1, 0.15) is 68.4 Å². The standard InChI is InChI=1S/C28H37N3O4/c1-6-29-28(34)26-25(19-7-8-20-15-31(14-16(2)3)10-9-18(20)11-19)27(35-30-26)22-12-21(17(4)5)23(32)13-24(22)33/h7-8,11-13,16-17,26,30,32-33H,6,9-10,14-15H2,1-5H3,(H,29,34). The molecule has 0 saturated carbocycles. The Bertz CT molecular complexity index is 1140. The third-order valence-corrected chi connectivity index (χ3v) is 6.67. The quantitative estimate of drug-likeness (QED) is 0.477. The van der Waals surface area contributed by atoms with Crippen LogP contribution in [-0.4, -0.2) is 46.7 Å². The lowest BCUT2D eigenvalue weighted by Gasteiger charge is -2.30. The van der Waals surface area contributed by atoms with E-state index in [-0.39, 0.29) is 23.3 Å². The van der Waals surface area contributed by atoms with Crippen LogP contribution in [0.3, 0.4) is 0 Å². The van der Waals surface area contributed by atoms with Crippen molar-refractivity contribution >= 4 is 17.2 Å². The molecule has 2 aliphatic rings. The highest BCUT2D eigenvalue weighted by Crippen LogP contribution is 2.42. The zero-order valence-corrected chi connectivity index (χ0v) is 21.3. The van der Waals surface area contributed by atoms with Gasteiger partial charge in [0.2, 0.25) is 5.91 Å². The number of nitrogens with zero attached hydrogens (tertiary/aromatic N) is 1. The lowest BCUT2D eigenvalue weighted by atomic mass is 9.89. The first kappa shape index (κ1) is 25.1. The molecule has 2 heterocycles. The summed E-state index contributed by atoms with van der Waals surface area (Å²) in [4.78, 5) is 21.3. The van der Waals surface area contributed by atoms with Gasteiger partial charge in [-0.1, -0.05) is 45.9 Å². The Morgan fingerprint density at radius 1 is 1.14 bits per heavy atom. The zero-order valence-electron chi connectivity index (χ0n) is 21.3. The highest BCUT2D eigenvalue weighted by Gasteiger charge is 2.36. The number of hydroxylamine groups is 1. The molecule has 4 rings (SSSR count). The van der Waals surface area contributed by atoms with Crippen molar-refractivity contribution in [1.29, 1.82) is 0 Å². The second-order valence-electron chi connectivity index (χ2n) is 10.2. The number of rotatable bonds is 7. The Hall–Kier alpha value is -3.03. The van der Waals surface area contributed by atoms with Crippen molar-refractivity contribution < 1.29 is 19.8 Å². The number of benzene rings is 2. The van der Waals surface area contributed by atoms with Crippen molar-refractivity contribution in [3.63, 3.8) is 0 Å². The van der Waals surface area contributed by atoms with Crippen LogP contribution in [0.15, 0.2) is 30.3 Å². The largest absolute Gasteiger partial charge is 0.508 e. The molecule has 2 aromatic carbocycles. The molecule has 0 aromatic heterocycles. The molecule has 35 heavy (non-hydrogen) atoms. The third kappa shape index (κ3) is 5.16. The molecule has 7 heteroatoms. The number of nitrogens with one attached hydrogen (secondary N) is 2. The summed E-state index contributed by atoms with van der Waals surface area (Å²) in [6.07, 6.45) is 0.945. The Labute approximate surface area is 207 Å². The van der Waals surface area contributed by atoms with Gasteiger partial charge in [-0.2, -0.15) is 0 Å². The van der Waals surface area contributed by atoms with E-state index in [2.05, 4.69) is 41.7 Å². The minimum atomic E-state index is -0.722. The lowest BCUT2D eigenvalue weighted by Crippen LogP contribution is -2.41. The van der Waals surface area contributed by atoms with E-state index in [1.54, 1.807) is 6.07 Å². The highest BCUT2D eigenvalue weighted by atomic mass is 16.7. The lowest BCUT2D eigenvalue weighted by molar-refractivity contribution is -0.123. The van der Waals surface area contributed by atoms with Crippen molar-refractivity contribution in [3.05, 3.63) is 58.1 Å². The van der Waals surface area contributed by atoms with Crippen molar-refractivity contribution in [2.24, 2.45) is 5.92 Å². The first-order chi connectivity index (χ1) is 16.7. The average Bonchev–Trinajstić information content (AvgIpc) is 3.23. The molecule has 0 fully saturated rings. The van der Waals surface area contributed by atoms with Crippen molar-refractivity contribution in [1.82, 2.24) is 15.7 Å². The van der Waals surface area contributed by atoms with Gasteiger partial charge in [0.1, 0.15) is 11.5 Å². The predicted molar refractivity (Wildman–Crippen MR) is 138 cm³/mol. The molecule has 1 unspecified atom stereocenters. The number of hydrogen-bond donors (Lipinski definition) is 4. The van der Waals surface area contributed by atoms with Crippen LogP contribution in [-0.2, 0) is 22.6 Å². The van der Waals surface area contributed by atoms with Gasteiger partial charge in [-0.3, -0.25) is 9.69 Å². The maximum atomic E-state index is 13.0. The second kappa shape index (κ2) is 10.3. The van der Waals surface area contributed by atoms with Gasteiger partial charge in [0.25, 0.3) is 0 Å². The molecule has 0 aliphatic carbocycles. The van der Waals surface area contributed by atoms with Gasteiger partial charge < -0.3 is 20.4 Å². The summed E-state index contributed by atoms with van der Waals surface area (Å²) >= 11 is 0. The fourth-order valence-electron chi connectivity index (χ4n) is 5.01. The molecule has 0 radical (unpaired) electrons. The van der Waals surface area contributed by atoms with Gasteiger partial charge in [-0.05, 0) is 53.5 Å². The Morgan fingerprint density at radius 2 is 1.91 bits per heavy atom. The minimum absolute atomic E-state index is 0.0364. The molecule has 7 nitrogen and oxygen atoms in total. The van der Waals surface area contributed by atoms with Crippen LogP contribution in [0.25, 0.3) is 11.3 Å². The zero-order chi connectivity index (χ0) is 25.3.